The number of thioether (sulfide) groups is 1. The van der Waals surface area contributed by atoms with Crippen LogP contribution < -0.4 is 4.74 Å². The number of methoxy groups -OCH3 is 1. The van der Waals surface area contributed by atoms with Crippen molar-refractivity contribution in [1.82, 2.24) is 0 Å². The molecule has 6 heteroatoms. The Bertz CT molecular complexity index is 868. The van der Waals surface area contributed by atoms with E-state index in [0.29, 0.717) is 11.3 Å². The minimum absolute atomic E-state index is 0.369. The highest BCUT2D eigenvalue weighted by Crippen LogP contribution is 2.51. The molecule has 1 aliphatic heterocycles. The lowest BCUT2D eigenvalue weighted by Gasteiger charge is -2.40. The molecule has 3 rings (SSSR count). The number of unbranched alkanes of at least 4 members (excludes halogenated alkanes) is 1. The molecule has 30 heavy (non-hydrogen) atoms. The highest BCUT2D eigenvalue weighted by molar-refractivity contribution is 7.99. The fourth-order valence-electron chi connectivity index (χ4n) is 4.37. The number of ether oxygens (including phenoxy) is 1. The molecule has 0 fully saturated rings. The van der Waals surface area contributed by atoms with Crippen LogP contribution in [0.3, 0.4) is 0 Å². The number of halogens is 3. The lowest BCUT2D eigenvalue weighted by molar-refractivity contribution is -0.137. The molecule has 0 radical (unpaired) electrons. The van der Waals surface area contributed by atoms with Gasteiger partial charge >= 0.3 is 6.18 Å². The molecule has 0 saturated heterocycles. The van der Waals surface area contributed by atoms with E-state index in [1.54, 1.807) is 24.9 Å². The van der Waals surface area contributed by atoms with Crippen molar-refractivity contribution in [1.29, 1.82) is 0 Å². The second-order valence-electron chi connectivity index (χ2n) is 8.06. The first-order valence-corrected chi connectivity index (χ1v) is 11.4. The van der Waals surface area contributed by atoms with Crippen molar-refractivity contribution in [2.75, 3.05) is 12.9 Å². The minimum Gasteiger partial charge on any atom is -0.497 e. The lowest BCUT2D eigenvalue weighted by atomic mass is 9.69. The van der Waals surface area contributed by atoms with Crippen LogP contribution >= 0.6 is 11.8 Å². The van der Waals surface area contributed by atoms with Crippen LogP contribution in [-0.4, -0.2) is 24.1 Å². The molecule has 0 aliphatic carbocycles. The van der Waals surface area contributed by atoms with Crippen LogP contribution in [0, 0.1) is 5.41 Å². The summed E-state index contributed by atoms with van der Waals surface area (Å²) in [7, 11) is 1.57. The van der Waals surface area contributed by atoms with Crippen molar-refractivity contribution < 1.29 is 23.0 Å². The molecule has 0 bridgehead atoms. The standard InChI is InChI=1S/C24H29F3O2S/c1-4-6-12-23(5-2)15-30-20-11-10-18(29-3)14-19(20)21(22(23)28)16-8-7-9-17(13-16)24(25,26)27/h7-11,13-14,21-22,28H,4-6,12,15H2,1-3H3. The second-order valence-corrected chi connectivity index (χ2v) is 9.07. The van der Waals surface area contributed by atoms with Crippen LogP contribution in [0.5, 0.6) is 5.75 Å². The van der Waals surface area contributed by atoms with Crippen LogP contribution in [0.15, 0.2) is 47.4 Å². The van der Waals surface area contributed by atoms with Crippen molar-refractivity contribution in [3.8, 4) is 5.75 Å². The van der Waals surface area contributed by atoms with Crippen molar-refractivity contribution in [3.05, 3.63) is 59.2 Å². The van der Waals surface area contributed by atoms with Crippen LogP contribution in [0.2, 0.25) is 0 Å². The van der Waals surface area contributed by atoms with Gasteiger partial charge in [-0.15, -0.1) is 11.8 Å². The average Bonchev–Trinajstić information content (AvgIpc) is 2.86. The van der Waals surface area contributed by atoms with Crippen LogP contribution in [0.25, 0.3) is 0 Å². The van der Waals surface area contributed by atoms with Gasteiger partial charge in [0.25, 0.3) is 0 Å². The maximum Gasteiger partial charge on any atom is 0.416 e. The lowest BCUT2D eigenvalue weighted by Crippen LogP contribution is -2.40. The molecule has 2 aromatic rings. The summed E-state index contributed by atoms with van der Waals surface area (Å²) >= 11 is 1.68. The predicted octanol–water partition coefficient (Wildman–Crippen LogP) is 6.90. The molecule has 2 nitrogen and oxygen atoms in total. The Morgan fingerprint density at radius 1 is 1.17 bits per heavy atom. The molecular weight excluding hydrogens is 409 g/mol. The van der Waals surface area contributed by atoms with E-state index >= 15 is 0 Å². The number of alkyl halides is 3. The Kier molecular flexibility index (Phi) is 7.08. The molecule has 3 atom stereocenters. The van der Waals surface area contributed by atoms with Gasteiger partial charge in [-0.25, -0.2) is 0 Å². The van der Waals surface area contributed by atoms with Gasteiger partial charge in [-0.3, -0.25) is 0 Å². The molecule has 0 spiro atoms. The third-order valence-corrected chi connectivity index (χ3v) is 7.72. The van der Waals surface area contributed by atoms with Crippen LogP contribution in [0.1, 0.15) is 62.1 Å². The molecule has 0 saturated carbocycles. The van der Waals surface area contributed by atoms with E-state index in [9.17, 15) is 18.3 Å². The van der Waals surface area contributed by atoms with E-state index in [-0.39, 0.29) is 5.41 Å². The number of fused-ring (bicyclic) bond motifs is 1. The maximum absolute atomic E-state index is 13.4. The number of benzene rings is 2. The molecule has 0 aromatic heterocycles. The Morgan fingerprint density at radius 2 is 1.93 bits per heavy atom. The smallest absolute Gasteiger partial charge is 0.416 e. The zero-order valence-electron chi connectivity index (χ0n) is 17.6. The Labute approximate surface area is 180 Å². The van der Waals surface area contributed by atoms with E-state index in [1.165, 1.54) is 12.1 Å². The topological polar surface area (TPSA) is 29.5 Å². The fourth-order valence-corrected chi connectivity index (χ4v) is 5.84. The van der Waals surface area contributed by atoms with Gasteiger partial charge in [0.1, 0.15) is 5.75 Å². The van der Waals surface area contributed by atoms with Crippen molar-refractivity contribution >= 4 is 11.8 Å². The molecule has 1 heterocycles. The number of rotatable bonds is 6. The average molecular weight is 439 g/mol. The number of aliphatic hydroxyl groups is 1. The van der Waals surface area contributed by atoms with Crippen molar-refractivity contribution in [2.45, 2.75) is 62.6 Å². The highest BCUT2D eigenvalue weighted by atomic mass is 32.2. The summed E-state index contributed by atoms with van der Waals surface area (Å²) in [4.78, 5) is 0.990. The molecule has 2 aromatic carbocycles. The first-order chi connectivity index (χ1) is 14.3. The first-order valence-electron chi connectivity index (χ1n) is 10.4. The van der Waals surface area contributed by atoms with Crippen molar-refractivity contribution in [3.63, 3.8) is 0 Å². The molecule has 164 valence electrons. The highest BCUT2D eigenvalue weighted by Gasteiger charge is 2.45. The number of hydrogen-bond donors (Lipinski definition) is 1. The second kappa shape index (κ2) is 9.23. The summed E-state index contributed by atoms with van der Waals surface area (Å²) < 4.78 is 45.7. The van der Waals surface area contributed by atoms with Gasteiger partial charge in [-0.05, 0) is 48.2 Å². The zero-order chi connectivity index (χ0) is 21.9. The first kappa shape index (κ1) is 23.0. The van der Waals surface area contributed by atoms with Gasteiger partial charge in [0, 0.05) is 22.0 Å². The summed E-state index contributed by atoms with van der Waals surface area (Å²) in [5.41, 5.74) is 0.261. The Hall–Kier alpha value is -1.66. The van der Waals surface area contributed by atoms with Gasteiger partial charge in [-0.2, -0.15) is 13.2 Å². The molecule has 1 aliphatic rings. The quantitative estimate of drug-likeness (QED) is 0.532. The molecule has 3 unspecified atom stereocenters. The fraction of sp³-hybridized carbons (Fsp3) is 0.500. The molecule has 1 N–H and O–H groups in total. The van der Waals surface area contributed by atoms with E-state index in [2.05, 4.69) is 13.8 Å². The molecular formula is C24H29F3O2S. The Balaban J connectivity index is 2.19. The summed E-state index contributed by atoms with van der Waals surface area (Å²) in [6.45, 7) is 4.18. The summed E-state index contributed by atoms with van der Waals surface area (Å²) in [5.74, 6) is 0.819. The molecule has 0 amide bonds. The zero-order valence-corrected chi connectivity index (χ0v) is 18.4. The number of aliphatic hydroxyl groups excluding tert-OH is 1. The van der Waals surface area contributed by atoms with Gasteiger partial charge < -0.3 is 9.84 Å². The van der Waals surface area contributed by atoms with Gasteiger partial charge in [0.15, 0.2) is 0 Å². The van der Waals surface area contributed by atoms with E-state index in [4.69, 9.17) is 4.74 Å². The Morgan fingerprint density at radius 3 is 2.57 bits per heavy atom. The summed E-state index contributed by atoms with van der Waals surface area (Å²) in [6.07, 6.45) is -1.63. The van der Waals surface area contributed by atoms with E-state index in [0.717, 1.165) is 48.0 Å². The third-order valence-electron chi connectivity index (χ3n) is 6.32. The number of hydrogen-bond acceptors (Lipinski definition) is 3. The minimum atomic E-state index is -4.43. The normalized spacial score (nSPS) is 24.2. The van der Waals surface area contributed by atoms with Crippen LogP contribution in [0.4, 0.5) is 13.2 Å². The van der Waals surface area contributed by atoms with Gasteiger partial charge in [0.2, 0.25) is 0 Å². The predicted molar refractivity (Wildman–Crippen MR) is 115 cm³/mol. The van der Waals surface area contributed by atoms with E-state index in [1.807, 2.05) is 18.2 Å². The van der Waals surface area contributed by atoms with E-state index < -0.39 is 23.8 Å². The third kappa shape index (κ3) is 4.50. The monoisotopic (exact) mass is 438 g/mol. The van der Waals surface area contributed by atoms with Crippen molar-refractivity contribution in [2.24, 2.45) is 5.41 Å². The summed E-state index contributed by atoms with van der Waals surface area (Å²) in [6, 6.07) is 11.1. The van der Waals surface area contributed by atoms with Gasteiger partial charge in [-0.1, -0.05) is 44.9 Å². The maximum atomic E-state index is 13.4. The summed E-state index contributed by atoms with van der Waals surface area (Å²) in [5, 5.41) is 11.7. The van der Waals surface area contributed by atoms with Crippen LogP contribution in [-0.2, 0) is 6.18 Å². The SMILES string of the molecule is CCCCC1(CC)CSc2ccc(OC)cc2C(c2cccc(C(F)(F)F)c2)C1O. The van der Waals surface area contributed by atoms with Gasteiger partial charge in [0.05, 0.1) is 18.8 Å². The largest absolute Gasteiger partial charge is 0.497 e.